The minimum atomic E-state index is -4.86. The first-order valence-electron chi connectivity index (χ1n) is 21.9. The molecular formula is C45H40N10O15S6. The van der Waals surface area contributed by atoms with Crippen LogP contribution >= 0.6 is 23.1 Å². The zero-order chi connectivity index (χ0) is 55.1. The number of thioether (sulfide) groups is 1. The number of aromatic hydroxyl groups is 1. The van der Waals surface area contributed by atoms with Crippen molar-refractivity contribution in [3.8, 4) is 23.4 Å². The molecule has 396 valence electrons. The molecule has 8 aromatic rings. The number of methoxy groups -OCH3 is 1. The highest BCUT2D eigenvalue weighted by Gasteiger charge is 2.24. The molecule has 0 radical (unpaired) electrons. The lowest BCUT2D eigenvalue weighted by atomic mass is 10.1. The van der Waals surface area contributed by atoms with Gasteiger partial charge in [0.1, 0.15) is 39.2 Å². The molecule has 0 unspecified atom stereocenters. The third kappa shape index (κ3) is 12.3. The van der Waals surface area contributed by atoms with Crippen LogP contribution in [-0.2, 0) is 40.5 Å². The fraction of sp³-hybridized carbons (Fsp3) is 0.222. The number of hydrogen-bond acceptors (Lipinski definition) is 22. The number of hydrogen-bond donors (Lipinski definition) is 5. The summed E-state index contributed by atoms with van der Waals surface area (Å²) in [7, 11) is -16.7. The van der Waals surface area contributed by atoms with Crippen LogP contribution in [0.1, 0.15) is 35.1 Å². The number of rotatable bonds is 19. The molecule has 3 aromatic heterocycles. The average Bonchev–Trinajstić information content (AvgIpc) is 3.95. The van der Waals surface area contributed by atoms with Gasteiger partial charge in [0, 0.05) is 28.0 Å². The second-order valence-electron chi connectivity index (χ2n) is 16.6. The topological polar surface area (TPSA) is 384 Å². The lowest BCUT2D eigenvalue weighted by molar-refractivity contribution is 0.317. The highest BCUT2D eigenvalue weighted by molar-refractivity contribution is 7.99. The summed E-state index contributed by atoms with van der Waals surface area (Å²) >= 11 is 1.95. The predicted molar refractivity (Wildman–Crippen MR) is 280 cm³/mol. The van der Waals surface area contributed by atoms with Gasteiger partial charge in [0.05, 0.1) is 62.9 Å². The van der Waals surface area contributed by atoms with E-state index >= 15 is 0 Å². The molecule has 0 amide bonds. The summed E-state index contributed by atoms with van der Waals surface area (Å²) in [6, 6.07) is 17.8. The molecule has 0 spiro atoms. The summed E-state index contributed by atoms with van der Waals surface area (Å²) in [6.07, 6.45) is -0.121. The van der Waals surface area contributed by atoms with E-state index < -0.39 is 67.6 Å². The molecule has 5 N–H and O–H groups in total. The normalized spacial score (nSPS) is 12.9. The first-order valence-corrected chi connectivity index (χ1v) is 29.8. The van der Waals surface area contributed by atoms with Crippen molar-refractivity contribution in [3.05, 3.63) is 89.0 Å². The van der Waals surface area contributed by atoms with Gasteiger partial charge in [-0.05, 0) is 104 Å². The molecule has 3 heterocycles. The summed E-state index contributed by atoms with van der Waals surface area (Å²) in [5, 5.41) is 48.4. The Morgan fingerprint density at radius 1 is 0.737 bits per heavy atom. The molecule has 8 rings (SSSR count). The molecule has 0 aliphatic rings. The van der Waals surface area contributed by atoms with Crippen LogP contribution in [0.3, 0.4) is 0 Å². The Morgan fingerprint density at radius 3 is 2.07 bits per heavy atom. The van der Waals surface area contributed by atoms with Crippen molar-refractivity contribution in [2.24, 2.45) is 30.7 Å². The molecule has 0 atom stereocenters. The third-order valence-electron chi connectivity index (χ3n) is 11.3. The van der Waals surface area contributed by atoms with Crippen molar-refractivity contribution in [2.75, 3.05) is 31.0 Å². The SMILES string of the molecule is COc1ccc2nc3c(C#N)c(C)c(N=Nc4cc(C)c(N=Nc5cc(C)c(N=Nc6nc7c(S(=O)(=O)O)cc8ccc(S(=O)(=O)O)cc8c7s6)cc5SCCCS(=O)(=O)O)cc4OCCCS(=O)(=O)O)c(O)n3c2c1. The van der Waals surface area contributed by atoms with Crippen LogP contribution in [0, 0.1) is 32.1 Å². The van der Waals surface area contributed by atoms with Crippen molar-refractivity contribution in [1.82, 2.24) is 14.4 Å². The number of benzene rings is 5. The number of imidazole rings is 1. The fourth-order valence-corrected chi connectivity index (χ4v) is 11.9. The largest absolute Gasteiger partial charge is 0.497 e. The summed E-state index contributed by atoms with van der Waals surface area (Å²) in [5.74, 6) is -0.923. The first kappa shape index (κ1) is 55.1. The molecular weight excluding hydrogens is 1110 g/mol. The van der Waals surface area contributed by atoms with Gasteiger partial charge >= 0.3 is 0 Å². The maximum absolute atomic E-state index is 12.4. The number of nitrogens with zero attached hydrogens (tertiary/aromatic N) is 10. The van der Waals surface area contributed by atoms with E-state index in [0.29, 0.717) is 32.8 Å². The van der Waals surface area contributed by atoms with Crippen molar-refractivity contribution >= 4 is 135 Å². The Morgan fingerprint density at radius 2 is 1.39 bits per heavy atom. The van der Waals surface area contributed by atoms with Crippen LogP contribution in [0.4, 0.5) is 33.6 Å². The minimum absolute atomic E-state index is 0.0178. The lowest BCUT2D eigenvalue weighted by Crippen LogP contribution is -2.08. The summed E-state index contributed by atoms with van der Waals surface area (Å²) < 4.78 is 146. The standard InChI is InChI=1S/C45H40N10O15S6/c1-23-15-34(51-53-40-25(3)30(22-46)43-47-31-10-8-27(69-4)18-36(31)55(43)44(40)56)37(70-11-5-13-73(57,58)59)20-32(23)49-52-35-16-24(2)33(21-38(35)71-12-6-14-74(60,61)62)50-54-45-48-41-39(76(66,67)68)17-26-7-9-28(75(63,64)65)19-29(26)42(41)72-45/h7-10,15-21,56H,5-6,11-14H2,1-4H3,(H,57,58,59)(H,60,61,62)(H,63,64,65)(H,66,67,68). The van der Waals surface area contributed by atoms with Crippen LogP contribution in [0.2, 0.25) is 0 Å². The molecule has 25 nitrogen and oxygen atoms in total. The van der Waals surface area contributed by atoms with Gasteiger partial charge in [-0.1, -0.05) is 17.4 Å². The van der Waals surface area contributed by atoms with Crippen LogP contribution in [-0.4, -0.2) is 102 Å². The zero-order valence-corrected chi connectivity index (χ0v) is 44.7. The highest BCUT2D eigenvalue weighted by Crippen LogP contribution is 2.44. The number of aromatic nitrogens is 3. The number of ether oxygens (including phenoxy) is 2. The fourth-order valence-electron chi connectivity index (χ4n) is 7.59. The molecule has 0 saturated heterocycles. The van der Waals surface area contributed by atoms with Gasteiger partial charge in [-0.2, -0.15) is 44.0 Å². The zero-order valence-electron chi connectivity index (χ0n) is 39.8. The van der Waals surface area contributed by atoms with E-state index in [-0.39, 0.29) is 102 Å². The van der Waals surface area contributed by atoms with E-state index in [1.54, 1.807) is 51.1 Å². The van der Waals surface area contributed by atoms with Crippen molar-refractivity contribution in [3.63, 3.8) is 0 Å². The Labute approximate surface area is 440 Å². The second-order valence-corrected chi connectivity index (χ2v) is 24.7. The number of thiazole rings is 1. The maximum Gasteiger partial charge on any atom is 0.296 e. The van der Waals surface area contributed by atoms with Gasteiger partial charge in [0.15, 0.2) is 11.3 Å². The van der Waals surface area contributed by atoms with Gasteiger partial charge in [0.2, 0.25) is 11.0 Å². The Bertz CT molecular complexity index is 4310. The van der Waals surface area contributed by atoms with Gasteiger partial charge < -0.3 is 14.6 Å². The van der Waals surface area contributed by atoms with Crippen LogP contribution in [0.5, 0.6) is 17.4 Å². The number of pyridine rings is 1. The average molecular weight is 1150 g/mol. The van der Waals surface area contributed by atoms with Crippen LogP contribution in [0.25, 0.3) is 37.7 Å². The van der Waals surface area contributed by atoms with Crippen molar-refractivity contribution < 1.29 is 66.5 Å². The van der Waals surface area contributed by atoms with Gasteiger partial charge in [-0.25, -0.2) is 9.97 Å². The smallest absolute Gasteiger partial charge is 0.296 e. The molecule has 5 aromatic carbocycles. The van der Waals surface area contributed by atoms with Crippen LogP contribution < -0.4 is 9.47 Å². The molecule has 0 saturated carbocycles. The van der Waals surface area contributed by atoms with E-state index in [4.69, 9.17) is 9.47 Å². The van der Waals surface area contributed by atoms with Gasteiger partial charge in [-0.15, -0.1) is 37.3 Å². The summed E-state index contributed by atoms with van der Waals surface area (Å²) in [5.41, 5.74) is 2.81. The van der Waals surface area contributed by atoms with Crippen molar-refractivity contribution in [2.45, 2.75) is 48.3 Å². The quantitative estimate of drug-likeness (QED) is 0.0217. The van der Waals surface area contributed by atoms with Gasteiger partial charge in [-0.3, -0.25) is 22.6 Å². The van der Waals surface area contributed by atoms with Crippen LogP contribution in [0.15, 0.2) is 112 Å². The number of azo groups is 3. The predicted octanol–water partition coefficient (Wildman–Crippen LogP) is 10.5. The Balaban J connectivity index is 1.17. The molecule has 0 bridgehead atoms. The molecule has 0 fully saturated rings. The number of fused-ring (bicyclic) bond motifs is 6. The van der Waals surface area contributed by atoms with E-state index in [9.17, 15) is 62.3 Å². The summed E-state index contributed by atoms with van der Waals surface area (Å²) in [6.45, 7) is 4.66. The minimum Gasteiger partial charge on any atom is -0.497 e. The number of aryl methyl sites for hydroxylation is 2. The van der Waals surface area contributed by atoms with Crippen molar-refractivity contribution in [1.29, 1.82) is 5.26 Å². The first-order chi connectivity index (χ1) is 35.7. The molecule has 76 heavy (non-hydrogen) atoms. The molecule has 0 aliphatic heterocycles. The van der Waals surface area contributed by atoms with E-state index in [2.05, 4.69) is 46.7 Å². The van der Waals surface area contributed by atoms with E-state index in [0.717, 1.165) is 41.3 Å². The maximum atomic E-state index is 12.4. The van der Waals surface area contributed by atoms with Gasteiger partial charge in [0.25, 0.3) is 40.5 Å². The lowest BCUT2D eigenvalue weighted by Gasteiger charge is -2.12. The van der Waals surface area contributed by atoms with E-state index in [1.807, 2.05) is 0 Å². The Hall–Kier alpha value is -7.12. The number of nitriles is 1. The summed E-state index contributed by atoms with van der Waals surface area (Å²) in [4.78, 5) is 8.14. The monoisotopic (exact) mass is 1150 g/mol. The second kappa shape index (κ2) is 21.5. The third-order valence-corrected chi connectivity index (χ3v) is 16.7. The van der Waals surface area contributed by atoms with E-state index in [1.165, 1.54) is 29.7 Å². The highest BCUT2D eigenvalue weighted by atomic mass is 32.2. The Kier molecular flexibility index (Phi) is 15.6. The molecule has 0 aliphatic carbocycles. The molecule has 31 heteroatoms.